The summed E-state index contributed by atoms with van der Waals surface area (Å²) in [5.41, 5.74) is 4.53. The number of amidine groups is 1. The van der Waals surface area contributed by atoms with E-state index in [2.05, 4.69) is 15.5 Å². The molecule has 1 aliphatic rings. The molecule has 5 N–H and O–H groups in total. The zero-order valence-electron chi connectivity index (χ0n) is 11.1. The van der Waals surface area contributed by atoms with Crippen LogP contribution in [0.15, 0.2) is 28.4 Å². The second-order valence-corrected chi connectivity index (χ2v) is 5.00. The predicted octanol–water partition coefficient (Wildman–Crippen LogP) is 0.554. The van der Waals surface area contributed by atoms with Crippen LogP contribution in [0.1, 0.15) is 42.5 Å². The Balaban J connectivity index is 2.27. The summed E-state index contributed by atoms with van der Waals surface area (Å²) < 4.78 is 0. The number of aromatic nitrogens is 1. The van der Waals surface area contributed by atoms with Crippen LogP contribution < -0.4 is 16.5 Å². The van der Waals surface area contributed by atoms with Gasteiger partial charge >= 0.3 is 0 Å². The second-order valence-electron chi connectivity index (χ2n) is 5.00. The van der Waals surface area contributed by atoms with E-state index >= 15 is 0 Å². The number of aromatic amines is 1. The molecule has 1 fully saturated rings. The van der Waals surface area contributed by atoms with Crippen LogP contribution in [0.25, 0.3) is 0 Å². The molecule has 0 saturated heterocycles. The summed E-state index contributed by atoms with van der Waals surface area (Å²) in [5.74, 6) is -0.529. The van der Waals surface area contributed by atoms with Crippen molar-refractivity contribution in [2.45, 2.75) is 37.6 Å². The topological polar surface area (TPSA) is 121 Å². The molecule has 0 aromatic carbocycles. The first-order chi connectivity index (χ1) is 9.59. The van der Waals surface area contributed by atoms with Crippen molar-refractivity contribution in [2.75, 3.05) is 0 Å². The summed E-state index contributed by atoms with van der Waals surface area (Å²) in [6.45, 7) is 0. The minimum absolute atomic E-state index is 0.0158. The largest absolute Gasteiger partial charge is 0.409 e. The number of nitrogens with two attached hydrogens (primary N) is 1. The van der Waals surface area contributed by atoms with Crippen molar-refractivity contribution in [1.82, 2.24) is 10.3 Å². The molecule has 0 radical (unpaired) electrons. The second kappa shape index (κ2) is 5.77. The fourth-order valence-corrected chi connectivity index (χ4v) is 2.57. The zero-order valence-corrected chi connectivity index (χ0v) is 11.1. The molecule has 0 bridgehead atoms. The number of nitrogens with zero attached hydrogens (tertiary/aromatic N) is 1. The molecule has 20 heavy (non-hydrogen) atoms. The Kier molecular flexibility index (Phi) is 4.07. The Morgan fingerprint density at radius 1 is 1.40 bits per heavy atom. The Bertz CT molecular complexity index is 573. The monoisotopic (exact) mass is 278 g/mol. The minimum atomic E-state index is -0.869. The third-order valence-electron chi connectivity index (χ3n) is 3.73. The van der Waals surface area contributed by atoms with Crippen LogP contribution in [0.3, 0.4) is 0 Å². The third-order valence-corrected chi connectivity index (χ3v) is 3.73. The van der Waals surface area contributed by atoms with Gasteiger partial charge in [-0.25, -0.2) is 0 Å². The van der Waals surface area contributed by atoms with Crippen LogP contribution in [0.5, 0.6) is 0 Å². The van der Waals surface area contributed by atoms with E-state index in [1.54, 1.807) is 0 Å². The molecule has 0 spiro atoms. The highest BCUT2D eigenvalue weighted by Gasteiger charge is 2.38. The van der Waals surface area contributed by atoms with Gasteiger partial charge in [0.05, 0.1) is 0 Å². The summed E-state index contributed by atoms with van der Waals surface area (Å²) in [7, 11) is 0. The van der Waals surface area contributed by atoms with Crippen LogP contribution in [0, 0.1) is 0 Å². The van der Waals surface area contributed by atoms with Gasteiger partial charge in [0.2, 0.25) is 0 Å². The van der Waals surface area contributed by atoms with Crippen molar-refractivity contribution in [3.05, 3.63) is 34.2 Å². The van der Waals surface area contributed by atoms with Crippen molar-refractivity contribution in [2.24, 2.45) is 10.9 Å². The number of amides is 1. The number of rotatable bonds is 3. The first-order valence-electron chi connectivity index (χ1n) is 6.57. The number of H-pyrrole nitrogens is 1. The van der Waals surface area contributed by atoms with E-state index in [9.17, 15) is 9.59 Å². The number of hydrogen-bond acceptors (Lipinski definition) is 4. The van der Waals surface area contributed by atoms with Gasteiger partial charge in [-0.05, 0) is 12.8 Å². The molecule has 108 valence electrons. The zero-order chi connectivity index (χ0) is 14.6. The van der Waals surface area contributed by atoms with E-state index in [0.29, 0.717) is 12.8 Å². The smallest absolute Gasteiger partial charge is 0.257 e. The van der Waals surface area contributed by atoms with Gasteiger partial charge in [0.15, 0.2) is 11.3 Å². The molecule has 1 aromatic heterocycles. The molecule has 0 unspecified atom stereocenters. The van der Waals surface area contributed by atoms with Gasteiger partial charge in [0.25, 0.3) is 5.91 Å². The van der Waals surface area contributed by atoms with Crippen LogP contribution in [0.4, 0.5) is 0 Å². The summed E-state index contributed by atoms with van der Waals surface area (Å²) >= 11 is 0. The highest BCUT2D eigenvalue weighted by atomic mass is 16.4. The first kappa shape index (κ1) is 14.1. The maximum Gasteiger partial charge on any atom is 0.257 e. The normalized spacial score (nSPS) is 18.5. The molecule has 7 heteroatoms. The molecule has 1 aliphatic carbocycles. The van der Waals surface area contributed by atoms with Crippen LogP contribution >= 0.6 is 0 Å². The van der Waals surface area contributed by atoms with Crippen molar-refractivity contribution in [1.29, 1.82) is 0 Å². The predicted molar refractivity (Wildman–Crippen MR) is 73.8 cm³/mol. The summed E-state index contributed by atoms with van der Waals surface area (Å²) in [5, 5.41) is 14.7. The molecule has 1 heterocycles. The van der Waals surface area contributed by atoms with Gasteiger partial charge in [-0.1, -0.05) is 24.4 Å². The average Bonchev–Trinajstić information content (AvgIpc) is 2.47. The van der Waals surface area contributed by atoms with E-state index in [4.69, 9.17) is 10.9 Å². The lowest BCUT2D eigenvalue weighted by Crippen LogP contribution is -2.59. The molecule has 1 amide bonds. The Morgan fingerprint density at radius 2 is 2.10 bits per heavy atom. The van der Waals surface area contributed by atoms with Crippen LogP contribution in [0.2, 0.25) is 0 Å². The highest BCUT2D eigenvalue weighted by molar-refractivity contribution is 6.00. The lowest BCUT2D eigenvalue weighted by Gasteiger charge is -2.36. The Hall–Kier alpha value is -2.31. The maximum absolute atomic E-state index is 12.2. The standard InChI is InChI=1S/C13H18N4O3/c14-12(17-20)13(5-2-1-3-6-13)16-11(19)9-8-15-7-4-10(9)18/h4,7-8,20H,1-3,5-6H2,(H2,14,17)(H,15,18)(H,16,19). The summed E-state index contributed by atoms with van der Waals surface area (Å²) in [6.07, 6.45) is 6.80. The maximum atomic E-state index is 12.2. The van der Waals surface area contributed by atoms with E-state index in [-0.39, 0.29) is 16.8 Å². The number of nitrogens with one attached hydrogen (secondary N) is 2. The highest BCUT2D eigenvalue weighted by Crippen LogP contribution is 2.28. The van der Waals surface area contributed by atoms with Gasteiger partial charge in [0.1, 0.15) is 11.1 Å². The molecule has 1 aromatic rings. The van der Waals surface area contributed by atoms with E-state index in [1.807, 2.05) is 0 Å². The molecular weight excluding hydrogens is 260 g/mol. The first-order valence-corrected chi connectivity index (χ1v) is 6.57. The lowest BCUT2D eigenvalue weighted by atomic mass is 9.80. The average molecular weight is 278 g/mol. The molecule has 2 rings (SSSR count). The third kappa shape index (κ3) is 2.66. The lowest BCUT2D eigenvalue weighted by molar-refractivity contribution is 0.0904. The molecule has 0 aliphatic heterocycles. The fraction of sp³-hybridized carbons (Fsp3) is 0.462. The van der Waals surface area contributed by atoms with Gasteiger partial charge < -0.3 is 21.2 Å². The van der Waals surface area contributed by atoms with Crippen LogP contribution in [-0.4, -0.2) is 27.5 Å². The number of oxime groups is 1. The molecular formula is C13H18N4O3. The van der Waals surface area contributed by atoms with Gasteiger partial charge in [-0.2, -0.15) is 0 Å². The van der Waals surface area contributed by atoms with E-state index in [0.717, 1.165) is 19.3 Å². The van der Waals surface area contributed by atoms with Gasteiger partial charge in [0, 0.05) is 18.5 Å². The number of pyridine rings is 1. The number of carbonyl (C=O) groups excluding carboxylic acids is 1. The van der Waals surface area contributed by atoms with Gasteiger partial charge in [-0.3, -0.25) is 9.59 Å². The quantitative estimate of drug-likeness (QED) is 0.279. The minimum Gasteiger partial charge on any atom is -0.409 e. The van der Waals surface area contributed by atoms with Crippen LogP contribution in [-0.2, 0) is 0 Å². The summed E-state index contributed by atoms with van der Waals surface area (Å²) in [6, 6.07) is 1.28. The van der Waals surface area contributed by atoms with Crippen molar-refractivity contribution in [3.8, 4) is 0 Å². The molecule has 7 nitrogen and oxygen atoms in total. The van der Waals surface area contributed by atoms with E-state index < -0.39 is 11.4 Å². The van der Waals surface area contributed by atoms with E-state index in [1.165, 1.54) is 18.5 Å². The SMILES string of the molecule is N/C(=N/O)C1(NC(=O)c2c[nH]ccc2=O)CCCCC1. The molecule has 1 saturated carbocycles. The Morgan fingerprint density at radius 3 is 2.70 bits per heavy atom. The summed E-state index contributed by atoms with van der Waals surface area (Å²) in [4.78, 5) is 26.6. The van der Waals surface area contributed by atoms with Gasteiger partial charge in [-0.15, -0.1) is 0 Å². The number of carbonyl (C=O) groups is 1. The Labute approximate surface area is 115 Å². The molecule has 0 atom stereocenters. The fourth-order valence-electron chi connectivity index (χ4n) is 2.57. The van der Waals surface area contributed by atoms with Crippen molar-refractivity contribution >= 4 is 11.7 Å². The van der Waals surface area contributed by atoms with Crippen molar-refractivity contribution in [3.63, 3.8) is 0 Å². The van der Waals surface area contributed by atoms with Crippen molar-refractivity contribution < 1.29 is 10.0 Å². The number of hydrogen-bond donors (Lipinski definition) is 4.